The minimum atomic E-state index is 0.521. The zero-order valence-corrected chi connectivity index (χ0v) is 11.3. The van der Waals surface area contributed by atoms with Crippen LogP contribution in [0.15, 0.2) is 42.6 Å². The van der Waals surface area contributed by atoms with E-state index in [1.807, 2.05) is 0 Å². The number of benzene rings is 1. The molecule has 0 amide bonds. The van der Waals surface area contributed by atoms with Crippen molar-refractivity contribution < 1.29 is 4.90 Å². The van der Waals surface area contributed by atoms with Crippen LogP contribution >= 0.6 is 0 Å². The van der Waals surface area contributed by atoms with Crippen LogP contribution in [0.3, 0.4) is 0 Å². The van der Waals surface area contributed by atoms with E-state index in [2.05, 4.69) is 59.1 Å². The minimum Gasteiger partial charge on any atom is -0.352 e. The Morgan fingerprint density at radius 3 is 3.00 bits per heavy atom. The van der Waals surface area contributed by atoms with E-state index in [4.69, 9.17) is 0 Å². The predicted octanol–water partition coefficient (Wildman–Crippen LogP) is 0.926. The number of hydrogen-bond donors (Lipinski definition) is 1. The monoisotopic (exact) mass is 254 g/mol. The number of nitrogens with zero attached hydrogens (tertiary/aromatic N) is 2. The SMILES string of the molecule is C[NH+]1CCN2c3ccccc3Cn3cccc3[C@@H]2C1. The Labute approximate surface area is 114 Å². The number of rotatable bonds is 0. The number of quaternary nitrogens is 1. The number of para-hydroxylation sites is 1. The van der Waals surface area contributed by atoms with Gasteiger partial charge in [0.05, 0.1) is 20.1 Å². The number of fused-ring (bicyclic) bond motifs is 5. The lowest BCUT2D eigenvalue weighted by atomic mass is 10.1. The fourth-order valence-electron chi connectivity index (χ4n) is 3.54. The van der Waals surface area contributed by atoms with Crippen LogP contribution in [0.5, 0.6) is 0 Å². The second kappa shape index (κ2) is 4.14. The number of nitrogens with one attached hydrogen (secondary N) is 1. The first-order valence-corrected chi connectivity index (χ1v) is 7.14. The maximum Gasteiger partial charge on any atom is 0.119 e. The molecule has 0 bridgehead atoms. The molecule has 1 fully saturated rings. The average molecular weight is 254 g/mol. The van der Waals surface area contributed by atoms with E-state index >= 15 is 0 Å². The molecule has 1 aromatic heterocycles. The fourth-order valence-corrected chi connectivity index (χ4v) is 3.54. The third kappa shape index (κ3) is 1.69. The highest BCUT2D eigenvalue weighted by molar-refractivity contribution is 5.57. The summed E-state index contributed by atoms with van der Waals surface area (Å²) in [4.78, 5) is 4.25. The molecule has 0 aliphatic carbocycles. The van der Waals surface area contributed by atoms with Crippen LogP contribution in [-0.4, -0.2) is 31.2 Å². The number of hydrogen-bond acceptors (Lipinski definition) is 1. The maximum atomic E-state index is 2.61. The average Bonchev–Trinajstić information content (AvgIpc) is 2.83. The van der Waals surface area contributed by atoms with Crippen molar-refractivity contribution in [1.29, 1.82) is 0 Å². The van der Waals surface area contributed by atoms with E-state index in [1.54, 1.807) is 4.90 Å². The van der Waals surface area contributed by atoms with Crippen molar-refractivity contribution in [2.75, 3.05) is 31.6 Å². The summed E-state index contributed by atoms with van der Waals surface area (Å²) in [7, 11) is 2.31. The van der Waals surface area contributed by atoms with Crippen molar-refractivity contribution in [3.8, 4) is 0 Å². The molecule has 1 unspecified atom stereocenters. The van der Waals surface area contributed by atoms with Crippen LogP contribution in [0.4, 0.5) is 5.69 Å². The molecule has 2 atom stereocenters. The van der Waals surface area contributed by atoms with Crippen LogP contribution in [0.2, 0.25) is 0 Å². The molecule has 3 heterocycles. The van der Waals surface area contributed by atoms with Gasteiger partial charge in [-0.2, -0.15) is 0 Å². The van der Waals surface area contributed by atoms with Gasteiger partial charge in [0.25, 0.3) is 0 Å². The summed E-state index contributed by atoms with van der Waals surface area (Å²) in [5.41, 5.74) is 4.35. The molecule has 0 spiro atoms. The summed E-state index contributed by atoms with van der Waals surface area (Å²) in [6, 6.07) is 13.9. The quantitative estimate of drug-likeness (QED) is 0.738. The maximum absolute atomic E-state index is 2.61. The largest absolute Gasteiger partial charge is 0.352 e. The highest BCUT2D eigenvalue weighted by Crippen LogP contribution is 2.34. The van der Waals surface area contributed by atoms with Gasteiger partial charge in [-0.05, 0) is 23.8 Å². The van der Waals surface area contributed by atoms with Crippen LogP contribution in [0.1, 0.15) is 17.3 Å². The summed E-state index contributed by atoms with van der Waals surface area (Å²) in [5.74, 6) is 0. The Morgan fingerprint density at radius 2 is 2.05 bits per heavy atom. The van der Waals surface area contributed by atoms with Gasteiger partial charge >= 0.3 is 0 Å². The molecule has 4 rings (SSSR count). The smallest absolute Gasteiger partial charge is 0.119 e. The summed E-state index contributed by atoms with van der Waals surface area (Å²) in [6.45, 7) is 4.58. The van der Waals surface area contributed by atoms with Gasteiger partial charge in [-0.3, -0.25) is 0 Å². The molecule has 0 radical (unpaired) electrons. The van der Waals surface area contributed by atoms with E-state index in [1.165, 1.54) is 30.0 Å². The van der Waals surface area contributed by atoms with Crippen molar-refractivity contribution >= 4 is 5.69 Å². The Kier molecular flexibility index (Phi) is 2.42. The van der Waals surface area contributed by atoms with Crippen LogP contribution < -0.4 is 9.80 Å². The lowest BCUT2D eigenvalue weighted by Crippen LogP contribution is -3.12. The summed E-state index contributed by atoms with van der Waals surface area (Å²) < 4.78 is 2.42. The zero-order valence-electron chi connectivity index (χ0n) is 11.3. The molecule has 2 aliphatic rings. The molecular formula is C16H20N3+. The molecule has 2 aliphatic heterocycles. The second-order valence-corrected chi connectivity index (χ2v) is 5.81. The summed E-state index contributed by atoms with van der Waals surface area (Å²) in [6.07, 6.45) is 2.22. The molecule has 19 heavy (non-hydrogen) atoms. The molecule has 1 saturated heterocycles. The van der Waals surface area contributed by atoms with Gasteiger partial charge in [-0.25, -0.2) is 0 Å². The third-order valence-electron chi connectivity index (χ3n) is 4.55. The molecule has 98 valence electrons. The van der Waals surface area contributed by atoms with Crippen LogP contribution in [0, 0.1) is 0 Å². The van der Waals surface area contributed by atoms with Gasteiger partial charge in [0.1, 0.15) is 12.6 Å². The van der Waals surface area contributed by atoms with Crippen molar-refractivity contribution in [3.05, 3.63) is 53.9 Å². The van der Waals surface area contributed by atoms with Crippen LogP contribution in [0.25, 0.3) is 0 Å². The number of anilines is 1. The van der Waals surface area contributed by atoms with Gasteiger partial charge in [-0.15, -0.1) is 0 Å². The third-order valence-corrected chi connectivity index (χ3v) is 4.55. The summed E-state index contributed by atoms with van der Waals surface area (Å²) in [5, 5.41) is 0. The first-order valence-electron chi connectivity index (χ1n) is 7.14. The zero-order chi connectivity index (χ0) is 12.8. The van der Waals surface area contributed by atoms with E-state index < -0.39 is 0 Å². The van der Waals surface area contributed by atoms with E-state index in [-0.39, 0.29) is 0 Å². The molecule has 3 nitrogen and oxygen atoms in total. The first-order chi connectivity index (χ1) is 9.33. The van der Waals surface area contributed by atoms with E-state index in [9.17, 15) is 0 Å². The second-order valence-electron chi connectivity index (χ2n) is 5.81. The number of likely N-dealkylation sites (N-methyl/N-ethyl adjacent to an activating group) is 1. The standard InChI is InChI=1S/C16H19N3/c1-17-9-10-19-14-6-3-2-5-13(14)11-18-8-4-7-15(18)16(19)12-17/h2-8,16H,9-12H2,1H3/p+1/t16-/m0/s1. The Bertz CT molecular complexity index is 602. The Morgan fingerprint density at radius 1 is 1.16 bits per heavy atom. The molecular weight excluding hydrogens is 234 g/mol. The normalized spacial score (nSPS) is 25.2. The van der Waals surface area contributed by atoms with Crippen molar-refractivity contribution in [1.82, 2.24) is 4.57 Å². The van der Waals surface area contributed by atoms with Gasteiger partial charge in [0, 0.05) is 24.1 Å². The van der Waals surface area contributed by atoms with Gasteiger partial charge in [-0.1, -0.05) is 18.2 Å². The minimum absolute atomic E-state index is 0.521. The van der Waals surface area contributed by atoms with Crippen molar-refractivity contribution in [3.63, 3.8) is 0 Å². The molecule has 1 N–H and O–H groups in total. The predicted molar refractivity (Wildman–Crippen MR) is 76.7 cm³/mol. The van der Waals surface area contributed by atoms with E-state index in [0.717, 1.165) is 13.1 Å². The first kappa shape index (κ1) is 11.1. The molecule has 0 saturated carbocycles. The van der Waals surface area contributed by atoms with Crippen molar-refractivity contribution in [2.45, 2.75) is 12.6 Å². The lowest BCUT2D eigenvalue weighted by Gasteiger charge is -2.38. The number of piperazine rings is 1. The van der Waals surface area contributed by atoms with E-state index in [0.29, 0.717) is 6.04 Å². The Balaban J connectivity index is 1.89. The van der Waals surface area contributed by atoms with Gasteiger partial charge in [0.2, 0.25) is 0 Å². The van der Waals surface area contributed by atoms with Gasteiger partial charge in [0.15, 0.2) is 0 Å². The summed E-state index contributed by atoms with van der Waals surface area (Å²) >= 11 is 0. The highest BCUT2D eigenvalue weighted by Gasteiger charge is 2.34. The van der Waals surface area contributed by atoms with Crippen LogP contribution in [-0.2, 0) is 6.54 Å². The number of aromatic nitrogens is 1. The topological polar surface area (TPSA) is 12.6 Å². The Hall–Kier alpha value is -1.74. The lowest BCUT2D eigenvalue weighted by molar-refractivity contribution is -0.883. The highest BCUT2D eigenvalue weighted by atomic mass is 15.3. The fraction of sp³-hybridized carbons (Fsp3) is 0.375. The molecule has 1 aromatic carbocycles. The van der Waals surface area contributed by atoms with Gasteiger partial charge < -0.3 is 14.4 Å². The van der Waals surface area contributed by atoms with Crippen molar-refractivity contribution in [2.24, 2.45) is 0 Å². The molecule has 2 aromatic rings. The molecule has 3 heteroatoms.